The number of carbonyl (C=O) groups is 2. The Morgan fingerprint density at radius 2 is 2.05 bits per heavy atom. The minimum absolute atomic E-state index is 0.0908. The van der Waals surface area contributed by atoms with Crippen LogP contribution in [0.4, 0.5) is 0 Å². The van der Waals surface area contributed by atoms with Crippen LogP contribution in [0.2, 0.25) is 0 Å². The number of hydrogen-bond donors (Lipinski definition) is 1. The maximum Gasteiger partial charge on any atom is 0.303 e. The molecule has 1 saturated carbocycles. The number of rotatable bonds is 9. The predicted molar refractivity (Wildman–Crippen MR) is 81.5 cm³/mol. The summed E-state index contributed by atoms with van der Waals surface area (Å²) in [6.07, 6.45) is 9.90. The van der Waals surface area contributed by atoms with E-state index < -0.39 is 5.97 Å². The lowest BCUT2D eigenvalue weighted by Crippen LogP contribution is -2.31. The van der Waals surface area contributed by atoms with Crippen LogP contribution in [0.5, 0.6) is 0 Å². The molecule has 0 aromatic carbocycles. The van der Waals surface area contributed by atoms with Gasteiger partial charge in [0, 0.05) is 18.9 Å². The van der Waals surface area contributed by atoms with Crippen molar-refractivity contribution in [3.63, 3.8) is 0 Å². The topological polar surface area (TPSA) is 72.8 Å². The van der Waals surface area contributed by atoms with Gasteiger partial charge < -0.3 is 19.4 Å². The van der Waals surface area contributed by atoms with Crippen LogP contribution >= 0.6 is 0 Å². The van der Waals surface area contributed by atoms with Crippen LogP contribution in [0.3, 0.4) is 0 Å². The lowest BCUT2D eigenvalue weighted by atomic mass is 9.90. The molecule has 2 aliphatic rings. The Bertz CT molecular complexity index is 351. The highest BCUT2D eigenvalue weighted by molar-refractivity contribution is 5.66. The van der Waals surface area contributed by atoms with E-state index in [0.29, 0.717) is 6.42 Å². The van der Waals surface area contributed by atoms with Crippen molar-refractivity contribution in [2.24, 2.45) is 11.8 Å². The zero-order valence-corrected chi connectivity index (χ0v) is 13.2. The average Bonchev–Trinajstić information content (AvgIpc) is 2.90. The predicted octanol–water partition coefficient (Wildman–Crippen LogP) is 3.16. The van der Waals surface area contributed by atoms with Gasteiger partial charge in [-0.3, -0.25) is 4.79 Å². The number of aliphatic carboxylic acids is 1. The Labute approximate surface area is 132 Å². The van der Waals surface area contributed by atoms with Crippen LogP contribution in [0.15, 0.2) is 0 Å². The van der Waals surface area contributed by atoms with Gasteiger partial charge >= 0.3 is 5.97 Å². The first-order chi connectivity index (χ1) is 10.7. The van der Waals surface area contributed by atoms with Gasteiger partial charge in [-0.05, 0) is 50.9 Å². The number of carboxylic acids is 1. The molecule has 4 atom stereocenters. The SMILES string of the molecule is O=CC1CCC(OC2CCCCO2)C1CCCCCC(=O)O. The van der Waals surface area contributed by atoms with E-state index in [9.17, 15) is 9.59 Å². The van der Waals surface area contributed by atoms with E-state index in [-0.39, 0.29) is 30.7 Å². The summed E-state index contributed by atoms with van der Waals surface area (Å²) in [6, 6.07) is 0. The van der Waals surface area contributed by atoms with Crippen molar-refractivity contribution < 1.29 is 24.2 Å². The molecule has 0 aromatic heterocycles. The van der Waals surface area contributed by atoms with E-state index >= 15 is 0 Å². The van der Waals surface area contributed by atoms with E-state index in [0.717, 1.165) is 64.3 Å². The van der Waals surface area contributed by atoms with Gasteiger partial charge in [0.1, 0.15) is 6.29 Å². The van der Waals surface area contributed by atoms with Crippen LogP contribution in [0, 0.1) is 11.8 Å². The monoisotopic (exact) mass is 312 g/mol. The van der Waals surface area contributed by atoms with Crippen LogP contribution < -0.4 is 0 Å². The van der Waals surface area contributed by atoms with Gasteiger partial charge in [-0.2, -0.15) is 0 Å². The van der Waals surface area contributed by atoms with Crippen molar-refractivity contribution in [3.05, 3.63) is 0 Å². The van der Waals surface area contributed by atoms with Crippen molar-refractivity contribution in [1.82, 2.24) is 0 Å². The molecule has 0 aromatic rings. The highest BCUT2D eigenvalue weighted by Crippen LogP contribution is 2.38. The van der Waals surface area contributed by atoms with Crippen molar-refractivity contribution in [3.8, 4) is 0 Å². The molecule has 126 valence electrons. The standard InChI is InChI=1S/C17H28O5/c18-12-13-9-10-15(22-17-8-4-5-11-21-17)14(13)6-2-1-3-7-16(19)20/h12-15,17H,1-11H2,(H,19,20). The third-order valence-electron chi connectivity index (χ3n) is 4.88. The summed E-state index contributed by atoms with van der Waals surface area (Å²) < 4.78 is 11.8. The smallest absolute Gasteiger partial charge is 0.303 e. The maximum absolute atomic E-state index is 11.3. The van der Waals surface area contributed by atoms with E-state index in [1.807, 2.05) is 0 Å². The third-order valence-corrected chi connectivity index (χ3v) is 4.88. The third kappa shape index (κ3) is 5.36. The van der Waals surface area contributed by atoms with Gasteiger partial charge in [-0.25, -0.2) is 0 Å². The Hall–Kier alpha value is -0.940. The van der Waals surface area contributed by atoms with Crippen LogP contribution in [0.25, 0.3) is 0 Å². The molecule has 0 radical (unpaired) electrons. The van der Waals surface area contributed by atoms with Gasteiger partial charge in [0.25, 0.3) is 0 Å². The minimum Gasteiger partial charge on any atom is -0.481 e. The van der Waals surface area contributed by atoms with Gasteiger partial charge in [0.15, 0.2) is 6.29 Å². The normalized spacial score (nSPS) is 32.0. The van der Waals surface area contributed by atoms with Crippen molar-refractivity contribution >= 4 is 12.3 Å². The second-order valence-corrected chi connectivity index (χ2v) is 6.50. The summed E-state index contributed by atoms with van der Waals surface area (Å²) >= 11 is 0. The number of aldehydes is 1. The highest BCUT2D eigenvalue weighted by atomic mass is 16.7. The molecule has 1 aliphatic carbocycles. The number of carbonyl (C=O) groups excluding carboxylic acids is 1. The minimum atomic E-state index is -0.734. The second-order valence-electron chi connectivity index (χ2n) is 6.50. The van der Waals surface area contributed by atoms with E-state index in [4.69, 9.17) is 14.6 Å². The molecule has 2 fully saturated rings. The largest absolute Gasteiger partial charge is 0.481 e. The van der Waals surface area contributed by atoms with Crippen LogP contribution in [0.1, 0.15) is 64.2 Å². The zero-order chi connectivity index (χ0) is 15.8. The molecule has 22 heavy (non-hydrogen) atoms. The summed E-state index contributed by atoms with van der Waals surface area (Å²) in [6.45, 7) is 0.772. The number of carboxylic acid groups (broad SMARTS) is 1. The molecular weight excluding hydrogens is 284 g/mol. The fourth-order valence-corrected chi connectivity index (χ4v) is 3.64. The van der Waals surface area contributed by atoms with Gasteiger partial charge in [0.2, 0.25) is 0 Å². The Morgan fingerprint density at radius 3 is 2.73 bits per heavy atom. The molecule has 4 unspecified atom stereocenters. The first kappa shape index (κ1) is 17.4. The van der Waals surface area contributed by atoms with E-state index in [1.165, 1.54) is 0 Å². The average molecular weight is 312 g/mol. The quantitative estimate of drug-likeness (QED) is 0.523. The van der Waals surface area contributed by atoms with Gasteiger partial charge in [-0.15, -0.1) is 0 Å². The molecule has 0 amide bonds. The summed E-state index contributed by atoms with van der Waals surface area (Å²) in [5.74, 6) is -0.372. The number of hydrogen-bond acceptors (Lipinski definition) is 4. The Balaban J connectivity index is 1.75. The summed E-state index contributed by atoms with van der Waals surface area (Å²) in [7, 11) is 0. The molecule has 1 N–H and O–H groups in total. The summed E-state index contributed by atoms with van der Waals surface area (Å²) in [5.41, 5.74) is 0. The fourth-order valence-electron chi connectivity index (χ4n) is 3.64. The lowest BCUT2D eigenvalue weighted by Gasteiger charge is -2.29. The molecule has 1 saturated heterocycles. The van der Waals surface area contributed by atoms with Crippen LogP contribution in [-0.4, -0.2) is 36.4 Å². The first-order valence-electron chi connectivity index (χ1n) is 8.65. The molecule has 5 heteroatoms. The second kappa shape index (κ2) is 9.26. The first-order valence-corrected chi connectivity index (χ1v) is 8.65. The molecule has 1 heterocycles. The lowest BCUT2D eigenvalue weighted by molar-refractivity contribution is -0.196. The molecule has 1 aliphatic heterocycles. The summed E-state index contributed by atoms with van der Waals surface area (Å²) in [5, 5.41) is 8.65. The fraction of sp³-hybridized carbons (Fsp3) is 0.882. The van der Waals surface area contributed by atoms with E-state index in [1.54, 1.807) is 0 Å². The molecule has 0 bridgehead atoms. The Kier molecular flexibility index (Phi) is 7.33. The summed E-state index contributed by atoms with van der Waals surface area (Å²) in [4.78, 5) is 21.8. The molecule has 5 nitrogen and oxygen atoms in total. The zero-order valence-electron chi connectivity index (χ0n) is 13.2. The van der Waals surface area contributed by atoms with Crippen LogP contribution in [-0.2, 0) is 19.1 Å². The van der Waals surface area contributed by atoms with Crippen molar-refractivity contribution in [1.29, 1.82) is 0 Å². The molecular formula is C17H28O5. The van der Waals surface area contributed by atoms with Crippen molar-refractivity contribution in [2.75, 3.05) is 6.61 Å². The molecule has 2 rings (SSSR count). The van der Waals surface area contributed by atoms with E-state index in [2.05, 4.69) is 0 Å². The van der Waals surface area contributed by atoms with Gasteiger partial charge in [-0.1, -0.05) is 12.8 Å². The number of ether oxygens (including phenoxy) is 2. The van der Waals surface area contributed by atoms with Gasteiger partial charge in [0.05, 0.1) is 6.10 Å². The van der Waals surface area contributed by atoms with Crippen molar-refractivity contribution in [2.45, 2.75) is 76.6 Å². The number of unbranched alkanes of at least 4 members (excludes halogenated alkanes) is 2. The highest BCUT2D eigenvalue weighted by Gasteiger charge is 2.37. The Morgan fingerprint density at radius 1 is 1.18 bits per heavy atom. The molecule has 0 spiro atoms. The maximum atomic E-state index is 11.3.